The van der Waals surface area contributed by atoms with Gasteiger partial charge in [0.05, 0.1) is 19.5 Å². The van der Waals surface area contributed by atoms with Crippen molar-refractivity contribution in [3.8, 4) is 0 Å². The molecule has 0 radical (unpaired) electrons. The van der Waals surface area contributed by atoms with E-state index >= 15 is 0 Å². The van der Waals surface area contributed by atoms with Crippen molar-refractivity contribution in [1.82, 2.24) is 19.5 Å². The van der Waals surface area contributed by atoms with Gasteiger partial charge in [0, 0.05) is 11.6 Å². The maximum atomic E-state index is 11.6. The second kappa shape index (κ2) is 3.90. The largest absolute Gasteiger partial charge is 0.395 e. The van der Waals surface area contributed by atoms with Crippen LogP contribution in [0, 0.1) is 5.41 Å². The highest BCUT2D eigenvalue weighted by atomic mass is 16.3. The zero-order chi connectivity index (χ0) is 13.6. The molecule has 0 atom stereocenters. The Morgan fingerprint density at radius 1 is 1.53 bits per heavy atom. The fourth-order valence-electron chi connectivity index (χ4n) is 2.10. The highest BCUT2D eigenvalue weighted by molar-refractivity contribution is 5.74. The average Bonchev–Trinajstić information content (AvgIpc) is 2.86. The zero-order valence-corrected chi connectivity index (χ0v) is 10.00. The van der Waals surface area contributed by atoms with Crippen molar-refractivity contribution in [2.24, 2.45) is 5.41 Å². The SMILES string of the molecule is Nc1nc(=O)c2[nH]cnc2n1/C=C1\CC1(CO)CO. The van der Waals surface area contributed by atoms with E-state index < -0.39 is 11.0 Å². The molecule has 5 N–H and O–H groups in total. The number of nitrogen functional groups attached to an aromatic ring is 1. The molecule has 2 heterocycles. The number of aliphatic hydroxyl groups excluding tert-OH is 2. The van der Waals surface area contributed by atoms with Gasteiger partial charge in [0.2, 0.25) is 5.95 Å². The van der Waals surface area contributed by atoms with Crippen molar-refractivity contribution >= 4 is 23.3 Å². The summed E-state index contributed by atoms with van der Waals surface area (Å²) in [5.41, 5.74) is 6.16. The number of aliphatic hydroxyl groups is 2. The van der Waals surface area contributed by atoms with Crippen LogP contribution >= 0.6 is 0 Å². The first-order valence-electron chi connectivity index (χ1n) is 5.75. The first-order chi connectivity index (χ1) is 9.11. The van der Waals surface area contributed by atoms with Crippen molar-refractivity contribution in [2.75, 3.05) is 18.9 Å². The number of hydrogen-bond donors (Lipinski definition) is 4. The Morgan fingerprint density at radius 2 is 2.26 bits per heavy atom. The molecule has 100 valence electrons. The van der Waals surface area contributed by atoms with Crippen LogP contribution in [0.15, 0.2) is 16.7 Å². The molecule has 1 fully saturated rings. The molecule has 0 aliphatic heterocycles. The molecule has 0 bridgehead atoms. The fourth-order valence-corrected chi connectivity index (χ4v) is 2.10. The zero-order valence-electron chi connectivity index (χ0n) is 10.00. The van der Waals surface area contributed by atoms with Crippen LogP contribution in [0.5, 0.6) is 0 Å². The molecular weight excluding hydrogens is 250 g/mol. The van der Waals surface area contributed by atoms with E-state index in [1.165, 1.54) is 10.9 Å². The monoisotopic (exact) mass is 263 g/mol. The number of nitrogens with two attached hydrogens (primary N) is 1. The Kier molecular flexibility index (Phi) is 2.44. The van der Waals surface area contributed by atoms with Crippen LogP contribution in [-0.4, -0.2) is 42.9 Å². The summed E-state index contributed by atoms with van der Waals surface area (Å²) in [6.07, 6.45) is 3.63. The van der Waals surface area contributed by atoms with Crippen molar-refractivity contribution in [2.45, 2.75) is 6.42 Å². The number of aromatic amines is 1. The molecule has 0 spiro atoms. The average molecular weight is 263 g/mol. The number of imidazole rings is 1. The molecule has 3 rings (SSSR count). The van der Waals surface area contributed by atoms with E-state index in [1.54, 1.807) is 6.20 Å². The lowest BCUT2D eigenvalue weighted by Crippen LogP contribution is -2.16. The number of fused-ring (bicyclic) bond motifs is 1. The molecule has 8 heteroatoms. The Morgan fingerprint density at radius 3 is 2.89 bits per heavy atom. The molecule has 1 saturated carbocycles. The fraction of sp³-hybridized carbons (Fsp3) is 0.364. The van der Waals surface area contributed by atoms with Crippen molar-refractivity contribution in [3.05, 3.63) is 22.3 Å². The van der Waals surface area contributed by atoms with E-state index in [0.29, 0.717) is 12.1 Å². The van der Waals surface area contributed by atoms with E-state index in [1.807, 2.05) is 0 Å². The first-order valence-corrected chi connectivity index (χ1v) is 5.75. The van der Waals surface area contributed by atoms with Gasteiger partial charge in [-0.1, -0.05) is 0 Å². The van der Waals surface area contributed by atoms with Crippen LogP contribution in [0.1, 0.15) is 6.42 Å². The lowest BCUT2D eigenvalue weighted by molar-refractivity contribution is 0.143. The summed E-state index contributed by atoms with van der Waals surface area (Å²) >= 11 is 0. The number of H-pyrrole nitrogens is 1. The second-order valence-electron chi connectivity index (χ2n) is 4.67. The standard InChI is InChI=1S/C11H13N5O3/c12-10-15-9(19)7-8(14-5-13-7)16(10)2-6-1-11(6,3-17)4-18/h2,5,17-18H,1,3-4H2,(H,13,14)(H2,12,15,19)/b6-2+. The predicted octanol–water partition coefficient (Wildman–Crippen LogP) is -1.08. The lowest BCUT2D eigenvalue weighted by atomic mass is 10.1. The van der Waals surface area contributed by atoms with Crippen LogP contribution in [0.4, 0.5) is 5.95 Å². The Hall–Kier alpha value is -2.19. The van der Waals surface area contributed by atoms with Gasteiger partial charge < -0.3 is 20.9 Å². The Balaban J connectivity index is 2.15. The van der Waals surface area contributed by atoms with E-state index in [9.17, 15) is 15.0 Å². The van der Waals surface area contributed by atoms with Gasteiger partial charge in [0.15, 0.2) is 11.2 Å². The number of hydrogen-bond acceptors (Lipinski definition) is 6. The summed E-state index contributed by atoms with van der Waals surface area (Å²) in [5.74, 6) is 0.0220. The molecule has 0 saturated heterocycles. The minimum atomic E-state index is -0.585. The molecule has 2 aromatic heterocycles. The summed E-state index contributed by atoms with van der Waals surface area (Å²) in [4.78, 5) is 22.0. The van der Waals surface area contributed by atoms with Gasteiger partial charge in [-0.15, -0.1) is 0 Å². The molecule has 0 unspecified atom stereocenters. The molecule has 1 aliphatic rings. The van der Waals surface area contributed by atoms with Gasteiger partial charge >= 0.3 is 5.56 Å². The topological polar surface area (TPSA) is 130 Å². The molecule has 1 aliphatic carbocycles. The molecule has 0 aromatic carbocycles. The van der Waals surface area contributed by atoms with E-state index in [-0.39, 0.29) is 24.7 Å². The third-order valence-corrected chi connectivity index (χ3v) is 3.50. The van der Waals surface area contributed by atoms with Gasteiger partial charge in [-0.05, 0) is 12.0 Å². The van der Waals surface area contributed by atoms with E-state index in [0.717, 1.165) is 5.57 Å². The summed E-state index contributed by atoms with van der Waals surface area (Å²) in [7, 11) is 0. The van der Waals surface area contributed by atoms with Crippen LogP contribution in [0.25, 0.3) is 17.4 Å². The minimum Gasteiger partial charge on any atom is -0.395 e. The van der Waals surface area contributed by atoms with Crippen LogP contribution in [0.2, 0.25) is 0 Å². The molecule has 8 nitrogen and oxygen atoms in total. The highest BCUT2D eigenvalue weighted by Crippen LogP contribution is 2.51. The summed E-state index contributed by atoms with van der Waals surface area (Å²) in [5, 5.41) is 18.5. The summed E-state index contributed by atoms with van der Waals surface area (Å²) < 4.78 is 1.48. The minimum absolute atomic E-state index is 0.0220. The van der Waals surface area contributed by atoms with Crippen molar-refractivity contribution in [3.63, 3.8) is 0 Å². The van der Waals surface area contributed by atoms with Crippen LogP contribution < -0.4 is 11.3 Å². The number of aromatic nitrogens is 4. The number of anilines is 1. The van der Waals surface area contributed by atoms with Crippen molar-refractivity contribution in [1.29, 1.82) is 0 Å². The lowest BCUT2D eigenvalue weighted by Gasteiger charge is -2.07. The van der Waals surface area contributed by atoms with Gasteiger partial charge in [-0.3, -0.25) is 9.36 Å². The maximum Gasteiger partial charge on any atom is 0.300 e. The number of nitrogens with one attached hydrogen (secondary N) is 1. The first kappa shape index (κ1) is 11.9. The van der Waals surface area contributed by atoms with Gasteiger partial charge in [-0.2, -0.15) is 4.98 Å². The van der Waals surface area contributed by atoms with Gasteiger partial charge in [-0.25, -0.2) is 4.98 Å². The Labute approximate surface area is 107 Å². The maximum absolute atomic E-state index is 11.6. The predicted molar refractivity (Wildman–Crippen MR) is 68.1 cm³/mol. The molecule has 2 aromatic rings. The third kappa shape index (κ3) is 1.65. The second-order valence-corrected chi connectivity index (χ2v) is 4.67. The summed E-state index contributed by atoms with van der Waals surface area (Å²) in [6.45, 7) is -0.265. The smallest absolute Gasteiger partial charge is 0.300 e. The number of nitrogens with zero attached hydrogens (tertiary/aromatic N) is 3. The van der Waals surface area contributed by atoms with E-state index in [4.69, 9.17) is 5.73 Å². The highest BCUT2D eigenvalue weighted by Gasteiger charge is 2.48. The Bertz CT molecular complexity index is 725. The molecule has 0 amide bonds. The van der Waals surface area contributed by atoms with E-state index in [2.05, 4.69) is 15.0 Å². The quantitative estimate of drug-likeness (QED) is 0.557. The molecule has 19 heavy (non-hydrogen) atoms. The van der Waals surface area contributed by atoms with Gasteiger partial charge in [0.1, 0.15) is 0 Å². The molecular formula is C11H13N5O3. The number of rotatable bonds is 3. The third-order valence-electron chi connectivity index (χ3n) is 3.50. The summed E-state index contributed by atoms with van der Waals surface area (Å²) in [6, 6.07) is 0. The van der Waals surface area contributed by atoms with Crippen molar-refractivity contribution < 1.29 is 10.2 Å². The van der Waals surface area contributed by atoms with Gasteiger partial charge in [0.25, 0.3) is 0 Å². The van der Waals surface area contributed by atoms with Crippen LogP contribution in [-0.2, 0) is 0 Å². The normalized spacial score (nSPS) is 19.2. The van der Waals surface area contributed by atoms with Crippen LogP contribution in [0.3, 0.4) is 0 Å².